The van der Waals surface area contributed by atoms with Gasteiger partial charge in [0.1, 0.15) is 0 Å². The largest absolute Gasteiger partial charge is 0.354 e. The average molecular weight is 321 g/mol. The monoisotopic (exact) mass is 320 g/mol. The molecule has 108 valence electrons. The van der Waals surface area contributed by atoms with E-state index in [9.17, 15) is 0 Å². The summed E-state index contributed by atoms with van der Waals surface area (Å²) in [5, 5.41) is 7.34. The maximum Gasteiger partial charge on any atom is 0.255 e. The SMILES string of the molecule is CCCNc1nc(-c2ccc(Cl)s2)nc(-n2cccn2)n1. The van der Waals surface area contributed by atoms with Gasteiger partial charge in [-0.15, -0.1) is 11.3 Å². The van der Waals surface area contributed by atoms with Gasteiger partial charge in [-0.1, -0.05) is 18.5 Å². The third-order valence-corrected chi connectivity index (χ3v) is 3.89. The number of hydrogen-bond donors (Lipinski definition) is 1. The molecule has 0 aromatic carbocycles. The van der Waals surface area contributed by atoms with Crippen molar-refractivity contribution in [3.63, 3.8) is 0 Å². The zero-order chi connectivity index (χ0) is 14.7. The summed E-state index contributed by atoms with van der Waals surface area (Å²) < 4.78 is 2.31. The van der Waals surface area contributed by atoms with Crippen LogP contribution in [0.5, 0.6) is 0 Å². The van der Waals surface area contributed by atoms with E-state index in [4.69, 9.17) is 11.6 Å². The van der Waals surface area contributed by atoms with E-state index >= 15 is 0 Å². The summed E-state index contributed by atoms with van der Waals surface area (Å²) in [5.41, 5.74) is 0. The minimum absolute atomic E-state index is 0.480. The predicted octanol–water partition coefficient (Wildman–Crippen LogP) is 3.26. The summed E-state index contributed by atoms with van der Waals surface area (Å²) in [7, 11) is 0. The Hall–Kier alpha value is -1.99. The molecule has 0 aliphatic heterocycles. The fourth-order valence-electron chi connectivity index (χ4n) is 1.71. The molecule has 1 N–H and O–H groups in total. The topological polar surface area (TPSA) is 68.5 Å². The number of nitrogens with one attached hydrogen (secondary N) is 1. The molecule has 0 atom stereocenters. The van der Waals surface area contributed by atoms with E-state index in [2.05, 4.69) is 32.3 Å². The first-order valence-electron chi connectivity index (χ1n) is 6.52. The van der Waals surface area contributed by atoms with Crippen LogP contribution >= 0.6 is 22.9 Å². The molecule has 3 aromatic heterocycles. The Bertz CT molecular complexity index is 724. The fraction of sp³-hybridized carbons (Fsp3) is 0.231. The van der Waals surface area contributed by atoms with E-state index in [0.717, 1.165) is 17.8 Å². The van der Waals surface area contributed by atoms with Crippen molar-refractivity contribution in [1.29, 1.82) is 0 Å². The first kappa shape index (κ1) is 14.0. The number of halogens is 1. The van der Waals surface area contributed by atoms with Crippen LogP contribution in [-0.4, -0.2) is 31.3 Å². The zero-order valence-electron chi connectivity index (χ0n) is 11.3. The molecule has 3 heterocycles. The molecule has 0 aliphatic carbocycles. The Morgan fingerprint density at radius 3 is 2.86 bits per heavy atom. The number of aromatic nitrogens is 5. The van der Waals surface area contributed by atoms with Crippen molar-refractivity contribution in [2.24, 2.45) is 0 Å². The summed E-state index contributed by atoms with van der Waals surface area (Å²) in [6, 6.07) is 5.56. The Labute approximate surface area is 130 Å². The highest BCUT2D eigenvalue weighted by Gasteiger charge is 2.11. The minimum Gasteiger partial charge on any atom is -0.354 e. The lowest BCUT2D eigenvalue weighted by Gasteiger charge is -2.07. The second kappa shape index (κ2) is 6.19. The standard InChI is InChI=1S/C13H13ClN6S/c1-2-6-15-12-17-11(9-4-5-10(14)21-9)18-13(19-12)20-8-3-7-16-20/h3-5,7-8H,2,6H2,1H3,(H,15,17,18,19). The van der Waals surface area contributed by atoms with Crippen LogP contribution in [0.15, 0.2) is 30.6 Å². The van der Waals surface area contributed by atoms with Crippen LogP contribution in [0.25, 0.3) is 16.6 Å². The highest BCUT2D eigenvalue weighted by atomic mass is 35.5. The Morgan fingerprint density at radius 1 is 1.29 bits per heavy atom. The molecule has 8 heteroatoms. The first-order chi connectivity index (χ1) is 10.3. The molecule has 3 rings (SSSR count). The first-order valence-corrected chi connectivity index (χ1v) is 7.71. The molecule has 0 aliphatic rings. The van der Waals surface area contributed by atoms with E-state index in [0.29, 0.717) is 22.1 Å². The number of hydrogen-bond acceptors (Lipinski definition) is 6. The molecule has 0 spiro atoms. The molecule has 0 saturated heterocycles. The van der Waals surface area contributed by atoms with Crippen LogP contribution in [0, 0.1) is 0 Å². The normalized spacial score (nSPS) is 10.8. The molecule has 0 saturated carbocycles. The van der Waals surface area contributed by atoms with E-state index in [1.54, 1.807) is 17.1 Å². The van der Waals surface area contributed by atoms with Gasteiger partial charge in [0.25, 0.3) is 5.95 Å². The molecule has 6 nitrogen and oxygen atoms in total. The van der Waals surface area contributed by atoms with Gasteiger partial charge >= 0.3 is 0 Å². The molecule has 21 heavy (non-hydrogen) atoms. The van der Waals surface area contributed by atoms with Crippen LogP contribution in [0.3, 0.4) is 0 Å². The van der Waals surface area contributed by atoms with Crippen LogP contribution < -0.4 is 5.32 Å². The molecular weight excluding hydrogens is 308 g/mol. The van der Waals surface area contributed by atoms with Crippen molar-refractivity contribution < 1.29 is 0 Å². The highest BCUT2D eigenvalue weighted by Crippen LogP contribution is 2.29. The van der Waals surface area contributed by atoms with E-state index < -0.39 is 0 Å². The van der Waals surface area contributed by atoms with Gasteiger partial charge in [0, 0.05) is 18.9 Å². The van der Waals surface area contributed by atoms with E-state index in [1.165, 1.54) is 11.3 Å². The van der Waals surface area contributed by atoms with Crippen molar-refractivity contribution in [3.8, 4) is 16.6 Å². The minimum atomic E-state index is 0.480. The van der Waals surface area contributed by atoms with E-state index in [-0.39, 0.29) is 0 Å². The maximum atomic E-state index is 5.99. The molecule has 0 bridgehead atoms. The van der Waals surface area contributed by atoms with Gasteiger partial charge in [-0.3, -0.25) is 0 Å². The number of anilines is 1. The summed E-state index contributed by atoms with van der Waals surface area (Å²) in [4.78, 5) is 14.2. The van der Waals surface area contributed by atoms with Gasteiger partial charge in [0.2, 0.25) is 5.95 Å². The van der Waals surface area contributed by atoms with Crippen LogP contribution in [0.2, 0.25) is 4.34 Å². The summed E-state index contributed by atoms with van der Waals surface area (Å²) >= 11 is 7.42. The highest BCUT2D eigenvalue weighted by molar-refractivity contribution is 7.19. The summed E-state index contributed by atoms with van der Waals surface area (Å²) in [5.74, 6) is 1.61. The third-order valence-electron chi connectivity index (χ3n) is 2.66. The second-order valence-electron chi connectivity index (χ2n) is 4.26. The molecule has 0 unspecified atom stereocenters. The van der Waals surface area contributed by atoms with Gasteiger partial charge in [0.15, 0.2) is 5.82 Å². The molecular formula is C13H13ClN6S. The van der Waals surface area contributed by atoms with Crippen LogP contribution in [-0.2, 0) is 0 Å². The lowest BCUT2D eigenvalue weighted by Crippen LogP contribution is -2.10. The van der Waals surface area contributed by atoms with Crippen LogP contribution in [0.1, 0.15) is 13.3 Å². The Kier molecular flexibility index (Phi) is 4.12. The van der Waals surface area contributed by atoms with Gasteiger partial charge in [-0.2, -0.15) is 20.1 Å². The number of rotatable bonds is 5. The predicted molar refractivity (Wildman–Crippen MR) is 84.1 cm³/mol. The van der Waals surface area contributed by atoms with E-state index in [1.807, 2.05) is 18.2 Å². The molecule has 0 fully saturated rings. The molecule has 0 amide bonds. The van der Waals surface area contributed by atoms with Gasteiger partial charge in [-0.25, -0.2) is 4.68 Å². The van der Waals surface area contributed by atoms with Gasteiger partial charge in [0.05, 0.1) is 9.21 Å². The lowest BCUT2D eigenvalue weighted by molar-refractivity contribution is 0.796. The smallest absolute Gasteiger partial charge is 0.255 e. The maximum absolute atomic E-state index is 5.99. The van der Waals surface area contributed by atoms with Gasteiger partial charge < -0.3 is 5.32 Å². The number of thiophene rings is 1. The molecule has 0 radical (unpaired) electrons. The van der Waals surface area contributed by atoms with Crippen molar-refractivity contribution in [3.05, 3.63) is 34.9 Å². The quantitative estimate of drug-likeness (QED) is 0.781. The third kappa shape index (κ3) is 3.20. The summed E-state index contributed by atoms with van der Waals surface area (Å²) in [6.45, 7) is 2.88. The molecule has 3 aromatic rings. The second-order valence-corrected chi connectivity index (χ2v) is 5.98. The van der Waals surface area contributed by atoms with Crippen molar-refractivity contribution in [1.82, 2.24) is 24.7 Å². The van der Waals surface area contributed by atoms with Crippen LogP contribution in [0.4, 0.5) is 5.95 Å². The van der Waals surface area contributed by atoms with Gasteiger partial charge in [-0.05, 0) is 24.6 Å². The zero-order valence-corrected chi connectivity index (χ0v) is 12.9. The lowest BCUT2D eigenvalue weighted by atomic mass is 10.4. The average Bonchev–Trinajstić information content (AvgIpc) is 3.16. The Balaban J connectivity index is 2.04. The number of nitrogens with zero attached hydrogens (tertiary/aromatic N) is 5. The van der Waals surface area contributed by atoms with Crippen molar-refractivity contribution in [2.75, 3.05) is 11.9 Å². The van der Waals surface area contributed by atoms with Crippen molar-refractivity contribution >= 4 is 28.9 Å². The summed E-state index contributed by atoms with van der Waals surface area (Å²) in [6.07, 6.45) is 4.47. The van der Waals surface area contributed by atoms with Crippen molar-refractivity contribution in [2.45, 2.75) is 13.3 Å². The Morgan fingerprint density at radius 2 is 2.19 bits per heavy atom. The fourth-order valence-corrected chi connectivity index (χ4v) is 2.69.